The molecule has 0 aliphatic heterocycles. The molecule has 0 aromatic heterocycles. The Morgan fingerprint density at radius 2 is 2.24 bits per heavy atom. The predicted octanol–water partition coefficient (Wildman–Crippen LogP) is 6.51. The first-order chi connectivity index (χ1) is 12.2. The lowest BCUT2D eigenvalue weighted by Crippen LogP contribution is -2.05. The molecule has 1 unspecified atom stereocenters. The van der Waals surface area contributed by atoms with Crippen LogP contribution in [0, 0.1) is 5.92 Å². The van der Waals surface area contributed by atoms with E-state index >= 15 is 0 Å². The minimum atomic E-state index is 0.679. The Balaban J connectivity index is 2.23. The van der Waals surface area contributed by atoms with Crippen LogP contribution >= 0.6 is 0 Å². The molecule has 0 fully saturated rings. The highest BCUT2D eigenvalue weighted by molar-refractivity contribution is 5.81. The Labute approximate surface area is 152 Å². The molecule has 25 heavy (non-hydrogen) atoms. The average molecular weight is 335 g/mol. The van der Waals surface area contributed by atoms with Gasteiger partial charge in [-0.1, -0.05) is 56.4 Å². The minimum Gasteiger partial charge on any atom is -0.496 e. The van der Waals surface area contributed by atoms with Crippen LogP contribution in [0.4, 0.5) is 5.69 Å². The van der Waals surface area contributed by atoms with Crippen LogP contribution in [0.3, 0.4) is 0 Å². The molecule has 1 N–H and O–H groups in total. The quantitative estimate of drug-likeness (QED) is 0.547. The van der Waals surface area contributed by atoms with E-state index < -0.39 is 0 Å². The topological polar surface area (TPSA) is 21.3 Å². The lowest BCUT2D eigenvalue weighted by Gasteiger charge is -2.18. The smallest absolute Gasteiger partial charge is 0.126 e. The van der Waals surface area contributed by atoms with Gasteiger partial charge in [0.15, 0.2) is 0 Å². The maximum atomic E-state index is 5.54. The fraction of sp³-hybridized carbons (Fsp3) is 0.304. The van der Waals surface area contributed by atoms with Gasteiger partial charge in [-0.15, -0.1) is 0 Å². The van der Waals surface area contributed by atoms with Gasteiger partial charge in [-0.3, -0.25) is 0 Å². The molecule has 0 bridgehead atoms. The molecule has 2 rings (SSSR count). The molecule has 2 heteroatoms. The van der Waals surface area contributed by atoms with Crippen LogP contribution in [0.2, 0.25) is 0 Å². The lowest BCUT2D eigenvalue weighted by molar-refractivity contribution is 0.413. The molecule has 0 spiro atoms. The zero-order valence-electron chi connectivity index (χ0n) is 15.6. The van der Waals surface area contributed by atoms with Crippen LogP contribution in [-0.2, 0) is 0 Å². The molecule has 1 aliphatic rings. The molecule has 132 valence electrons. The third-order valence-electron chi connectivity index (χ3n) is 4.29. The summed E-state index contributed by atoms with van der Waals surface area (Å²) in [6.45, 7) is 8.07. The molecule has 1 atom stereocenters. The van der Waals surface area contributed by atoms with Crippen molar-refractivity contribution in [1.82, 2.24) is 0 Å². The second kappa shape index (κ2) is 9.73. The number of benzene rings is 1. The molecular weight excluding hydrogens is 306 g/mol. The number of nitrogens with one attached hydrogen (secondary N) is 1. The zero-order valence-corrected chi connectivity index (χ0v) is 15.6. The number of rotatable bonds is 8. The number of hydrogen-bond acceptors (Lipinski definition) is 2. The summed E-state index contributed by atoms with van der Waals surface area (Å²) in [7, 11) is 1.70. The first-order valence-corrected chi connectivity index (χ1v) is 9.01. The summed E-state index contributed by atoms with van der Waals surface area (Å²) in [6.07, 6.45) is 18.3. The molecule has 1 aliphatic carbocycles. The summed E-state index contributed by atoms with van der Waals surface area (Å²) in [5, 5.41) is 3.52. The maximum Gasteiger partial charge on any atom is 0.126 e. The summed E-state index contributed by atoms with van der Waals surface area (Å²) >= 11 is 0. The van der Waals surface area contributed by atoms with E-state index in [0.29, 0.717) is 5.92 Å². The van der Waals surface area contributed by atoms with Gasteiger partial charge in [-0.25, -0.2) is 0 Å². The van der Waals surface area contributed by atoms with Gasteiger partial charge in [0.1, 0.15) is 5.75 Å². The summed E-state index contributed by atoms with van der Waals surface area (Å²) in [4.78, 5) is 0. The Hall–Kier alpha value is -2.48. The van der Waals surface area contributed by atoms with Crippen LogP contribution < -0.4 is 10.1 Å². The second-order valence-corrected chi connectivity index (χ2v) is 6.20. The Kier molecular flexibility index (Phi) is 7.34. The van der Waals surface area contributed by atoms with Gasteiger partial charge in [0.25, 0.3) is 0 Å². The molecule has 0 heterocycles. The van der Waals surface area contributed by atoms with Gasteiger partial charge >= 0.3 is 0 Å². The average Bonchev–Trinajstić information content (AvgIpc) is 2.63. The van der Waals surface area contributed by atoms with Gasteiger partial charge in [0.05, 0.1) is 7.11 Å². The second-order valence-electron chi connectivity index (χ2n) is 6.20. The fourth-order valence-corrected chi connectivity index (χ4v) is 3.06. The van der Waals surface area contributed by atoms with Crippen LogP contribution in [0.1, 0.15) is 38.7 Å². The van der Waals surface area contributed by atoms with E-state index in [2.05, 4.69) is 55.3 Å². The van der Waals surface area contributed by atoms with Crippen LogP contribution in [0.15, 0.2) is 73.0 Å². The normalized spacial score (nSPS) is 17.5. The third-order valence-corrected chi connectivity index (χ3v) is 4.29. The number of anilines is 1. The van der Waals surface area contributed by atoms with Crippen molar-refractivity contribution in [3.8, 4) is 5.75 Å². The molecule has 0 amide bonds. The maximum absolute atomic E-state index is 5.54. The number of allylic oxidation sites excluding steroid dienone is 8. The largest absolute Gasteiger partial charge is 0.496 e. The molecular formula is C23H29NO. The van der Waals surface area contributed by atoms with Crippen molar-refractivity contribution >= 4 is 11.3 Å². The minimum absolute atomic E-state index is 0.679. The number of ether oxygens (including phenoxy) is 1. The Morgan fingerprint density at radius 3 is 2.84 bits per heavy atom. The molecule has 0 saturated carbocycles. The highest BCUT2D eigenvalue weighted by Crippen LogP contribution is 2.31. The molecule has 2 nitrogen and oxygen atoms in total. The highest BCUT2D eigenvalue weighted by Gasteiger charge is 2.10. The van der Waals surface area contributed by atoms with E-state index in [9.17, 15) is 0 Å². The zero-order chi connectivity index (χ0) is 18.1. The van der Waals surface area contributed by atoms with E-state index in [0.717, 1.165) is 34.7 Å². The Bertz CT molecular complexity index is 707. The molecule has 1 aromatic rings. The van der Waals surface area contributed by atoms with E-state index in [1.807, 2.05) is 25.1 Å². The monoisotopic (exact) mass is 335 g/mol. The van der Waals surface area contributed by atoms with Crippen molar-refractivity contribution in [3.63, 3.8) is 0 Å². The van der Waals surface area contributed by atoms with Gasteiger partial charge < -0.3 is 10.1 Å². The van der Waals surface area contributed by atoms with E-state index in [1.165, 1.54) is 12.8 Å². The third kappa shape index (κ3) is 5.25. The first kappa shape index (κ1) is 18.9. The van der Waals surface area contributed by atoms with E-state index in [-0.39, 0.29) is 0 Å². The van der Waals surface area contributed by atoms with Crippen molar-refractivity contribution in [2.24, 2.45) is 5.92 Å². The van der Waals surface area contributed by atoms with E-state index in [1.54, 1.807) is 13.2 Å². The summed E-state index contributed by atoms with van der Waals surface area (Å²) in [5.74, 6) is 1.53. The summed E-state index contributed by atoms with van der Waals surface area (Å²) in [6, 6.07) is 6.18. The highest BCUT2D eigenvalue weighted by atomic mass is 16.5. The molecule has 1 aromatic carbocycles. The van der Waals surface area contributed by atoms with Gasteiger partial charge in [-0.05, 0) is 55.5 Å². The number of methoxy groups -OCH3 is 1. The SMILES string of the molecule is C=C/C=C(\C=C/C)c1cc(NC2=CCC(CCC)C=C2)ccc1OC. The molecule has 0 saturated heterocycles. The first-order valence-electron chi connectivity index (χ1n) is 9.01. The van der Waals surface area contributed by atoms with Gasteiger partial charge in [0, 0.05) is 16.9 Å². The fourth-order valence-electron chi connectivity index (χ4n) is 3.06. The van der Waals surface area contributed by atoms with Gasteiger partial charge in [-0.2, -0.15) is 0 Å². The van der Waals surface area contributed by atoms with Crippen molar-refractivity contribution in [3.05, 3.63) is 78.6 Å². The van der Waals surface area contributed by atoms with Crippen molar-refractivity contribution in [2.45, 2.75) is 33.1 Å². The summed E-state index contributed by atoms with van der Waals surface area (Å²) < 4.78 is 5.54. The predicted molar refractivity (Wildman–Crippen MR) is 110 cm³/mol. The summed E-state index contributed by atoms with van der Waals surface area (Å²) in [5.41, 5.74) is 4.34. The van der Waals surface area contributed by atoms with Gasteiger partial charge in [0.2, 0.25) is 0 Å². The number of hydrogen-bond donors (Lipinski definition) is 1. The van der Waals surface area contributed by atoms with Crippen LogP contribution in [0.5, 0.6) is 5.75 Å². The standard InChI is InChI=1S/C23H29NO/c1-5-8-18-11-13-20(14-12-18)24-21-15-16-23(25-4)22(17-21)19(9-6-2)10-7-3/h6-7,9-11,13-18,24H,2,5,8,12H2,1,3-4H3/b10-7-,19-9+. The van der Waals surface area contributed by atoms with E-state index in [4.69, 9.17) is 4.74 Å². The lowest BCUT2D eigenvalue weighted by atomic mass is 9.95. The van der Waals surface area contributed by atoms with Crippen molar-refractivity contribution in [1.29, 1.82) is 0 Å². The van der Waals surface area contributed by atoms with Crippen molar-refractivity contribution < 1.29 is 4.74 Å². The molecule has 0 radical (unpaired) electrons. The van der Waals surface area contributed by atoms with Crippen molar-refractivity contribution in [2.75, 3.05) is 12.4 Å². The van der Waals surface area contributed by atoms with Crippen LogP contribution in [0.25, 0.3) is 5.57 Å². The Morgan fingerprint density at radius 1 is 1.40 bits per heavy atom. The van der Waals surface area contributed by atoms with Crippen LogP contribution in [-0.4, -0.2) is 7.11 Å².